The van der Waals surface area contributed by atoms with Gasteiger partial charge in [0.2, 0.25) is 0 Å². The summed E-state index contributed by atoms with van der Waals surface area (Å²) in [7, 11) is 4.05. The van der Waals surface area contributed by atoms with Gasteiger partial charge in [-0.1, -0.05) is 29.8 Å². The highest BCUT2D eigenvalue weighted by molar-refractivity contribution is 5.93. The van der Waals surface area contributed by atoms with Crippen LogP contribution in [0.5, 0.6) is 0 Å². The molecule has 2 N–H and O–H groups in total. The summed E-state index contributed by atoms with van der Waals surface area (Å²) < 4.78 is 0. The van der Waals surface area contributed by atoms with E-state index in [-0.39, 0.29) is 5.91 Å². The van der Waals surface area contributed by atoms with Gasteiger partial charge in [0.1, 0.15) is 5.69 Å². The molecule has 2 aromatic rings. The first kappa shape index (κ1) is 17.0. The van der Waals surface area contributed by atoms with E-state index < -0.39 is 0 Å². The Kier molecular flexibility index (Phi) is 6.11. The lowest BCUT2D eigenvalue weighted by Crippen LogP contribution is -2.24. The fourth-order valence-electron chi connectivity index (χ4n) is 2.07. The zero-order chi connectivity index (χ0) is 16.7. The van der Waals surface area contributed by atoms with Crippen molar-refractivity contribution in [3.63, 3.8) is 0 Å². The lowest BCUT2D eigenvalue weighted by atomic mass is 10.1. The van der Waals surface area contributed by atoms with E-state index in [1.807, 2.05) is 51.4 Å². The molecule has 5 nitrogen and oxygen atoms in total. The van der Waals surface area contributed by atoms with Crippen molar-refractivity contribution in [3.05, 3.63) is 59.4 Å². The topological polar surface area (TPSA) is 57.3 Å². The van der Waals surface area contributed by atoms with Crippen molar-refractivity contribution < 1.29 is 4.79 Å². The average Bonchev–Trinajstić information content (AvgIpc) is 2.54. The summed E-state index contributed by atoms with van der Waals surface area (Å²) in [5.41, 5.74) is 3.61. The average molecular weight is 312 g/mol. The number of aromatic nitrogens is 1. The van der Waals surface area contributed by atoms with E-state index in [0.29, 0.717) is 12.2 Å². The maximum atomic E-state index is 12.2. The number of anilines is 1. The second-order valence-electron chi connectivity index (χ2n) is 5.83. The molecule has 1 heterocycles. The lowest BCUT2D eigenvalue weighted by Gasteiger charge is -2.12. The molecule has 0 atom stereocenters. The van der Waals surface area contributed by atoms with Crippen LogP contribution in [0.15, 0.2) is 42.6 Å². The summed E-state index contributed by atoms with van der Waals surface area (Å²) in [6.45, 7) is 4.29. The molecule has 0 spiro atoms. The van der Waals surface area contributed by atoms with Crippen LogP contribution >= 0.6 is 0 Å². The minimum atomic E-state index is -0.165. The summed E-state index contributed by atoms with van der Waals surface area (Å²) in [5.74, 6) is -0.165. The van der Waals surface area contributed by atoms with E-state index in [1.54, 1.807) is 12.3 Å². The lowest BCUT2D eigenvalue weighted by molar-refractivity contribution is 0.0946. The molecule has 0 fully saturated rings. The number of amides is 1. The van der Waals surface area contributed by atoms with Crippen molar-refractivity contribution in [2.24, 2.45) is 0 Å². The number of nitrogens with zero attached hydrogens (tertiary/aromatic N) is 2. The van der Waals surface area contributed by atoms with Crippen molar-refractivity contribution in [2.75, 3.05) is 32.5 Å². The molecule has 1 amide bonds. The number of benzene rings is 1. The van der Waals surface area contributed by atoms with Crippen LogP contribution in [-0.2, 0) is 6.54 Å². The van der Waals surface area contributed by atoms with Crippen LogP contribution in [0.3, 0.4) is 0 Å². The van der Waals surface area contributed by atoms with Crippen molar-refractivity contribution in [1.82, 2.24) is 15.2 Å². The normalized spacial score (nSPS) is 10.6. The van der Waals surface area contributed by atoms with Crippen molar-refractivity contribution in [3.8, 4) is 0 Å². The zero-order valence-corrected chi connectivity index (χ0v) is 14.0. The predicted molar refractivity (Wildman–Crippen MR) is 93.6 cm³/mol. The number of likely N-dealkylation sites (N-methyl/N-ethyl adjacent to an activating group) is 1. The van der Waals surface area contributed by atoms with Crippen LogP contribution in [0.2, 0.25) is 0 Å². The predicted octanol–water partition coefficient (Wildman–Crippen LogP) is 2.29. The Morgan fingerprint density at radius 1 is 1.17 bits per heavy atom. The van der Waals surface area contributed by atoms with Gasteiger partial charge < -0.3 is 15.5 Å². The smallest absolute Gasteiger partial charge is 0.270 e. The quantitative estimate of drug-likeness (QED) is 0.823. The Morgan fingerprint density at radius 3 is 2.61 bits per heavy atom. The third-order valence-corrected chi connectivity index (χ3v) is 3.45. The van der Waals surface area contributed by atoms with Gasteiger partial charge in [0.25, 0.3) is 5.91 Å². The summed E-state index contributed by atoms with van der Waals surface area (Å²) in [5, 5.41) is 6.19. The molecular weight excluding hydrogens is 288 g/mol. The molecule has 0 aliphatic carbocycles. The number of hydrogen-bond acceptors (Lipinski definition) is 4. The first-order valence-corrected chi connectivity index (χ1v) is 7.73. The third-order valence-electron chi connectivity index (χ3n) is 3.45. The van der Waals surface area contributed by atoms with Crippen molar-refractivity contribution in [1.29, 1.82) is 0 Å². The highest BCUT2D eigenvalue weighted by Crippen LogP contribution is 2.08. The number of pyridine rings is 1. The number of rotatable bonds is 7. The maximum absolute atomic E-state index is 12.2. The Labute approximate surface area is 137 Å². The molecule has 2 rings (SSSR count). The minimum Gasteiger partial charge on any atom is -0.384 e. The molecule has 0 saturated heterocycles. The largest absolute Gasteiger partial charge is 0.384 e. The first-order valence-electron chi connectivity index (χ1n) is 7.73. The van der Waals surface area contributed by atoms with Crippen molar-refractivity contribution in [2.45, 2.75) is 13.5 Å². The second kappa shape index (κ2) is 8.29. The molecule has 0 unspecified atom stereocenters. The van der Waals surface area contributed by atoms with E-state index in [1.165, 1.54) is 5.56 Å². The van der Waals surface area contributed by atoms with E-state index in [9.17, 15) is 4.79 Å². The highest BCUT2D eigenvalue weighted by atomic mass is 16.1. The monoisotopic (exact) mass is 312 g/mol. The van der Waals surface area contributed by atoms with Crippen LogP contribution in [0.1, 0.15) is 21.6 Å². The standard InChI is InChI=1S/C18H24N4O/c1-14-4-6-15(7-5-14)13-21-18(23)17-12-16(8-9-20-17)19-10-11-22(2)3/h4-9,12H,10-11,13H2,1-3H3,(H,19,20)(H,21,23). The fourth-order valence-corrected chi connectivity index (χ4v) is 2.07. The molecule has 0 saturated carbocycles. The van der Waals surface area contributed by atoms with E-state index in [4.69, 9.17) is 0 Å². The number of aryl methyl sites for hydroxylation is 1. The fraction of sp³-hybridized carbons (Fsp3) is 0.333. The number of carbonyl (C=O) groups excluding carboxylic acids is 1. The molecule has 23 heavy (non-hydrogen) atoms. The summed E-state index contributed by atoms with van der Waals surface area (Å²) in [6.07, 6.45) is 1.65. The molecule has 5 heteroatoms. The van der Waals surface area contributed by atoms with Crippen LogP contribution in [0.4, 0.5) is 5.69 Å². The van der Waals surface area contributed by atoms with Crippen LogP contribution in [0, 0.1) is 6.92 Å². The number of carbonyl (C=O) groups is 1. The minimum absolute atomic E-state index is 0.165. The highest BCUT2D eigenvalue weighted by Gasteiger charge is 2.07. The van der Waals surface area contributed by atoms with Crippen LogP contribution in [0.25, 0.3) is 0 Å². The van der Waals surface area contributed by atoms with E-state index in [0.717, 1.165) is 24.3 Å². The van der Waals surface area contributed by atoms with Gasteiger partial charge in [-0.15, -0.1) is 0 Å². The molecule has 122 valence electrons. The molecular formula is C18H24N4O. The number of hydrogen-bond donors (Lipinski definition) is 2. The molecule has 0 radical (unpaired) electrons. The van der Waals surface area contributed by atoms with Gasteiger partial charge in [0.05, 0.1) is 0 Å². The Morgan fingerprint density at radius 2 is 1.91 bits per heavy atom. The molecule has 0 aliphatic heterocycles. The van der Waals surface area contributed by atoms with E-state index >= 15 is 0 Å². The number of nitrogens with one attached hydrogen (secondary N) is 2. The molecule has 1 aromatic carbocycles. The van der Waals surface area contributed by atoms with Gasteiger partial charge >= 0.3 is 0 Å². The van der Waals surface area contributed by atoms with Crippen molar-refractivity contribution >= 4 is 11.6 Å². The van der Waals surface area contributed by atoms with Gasteiger partial charge in [-0.3, -0.25) is 9.78 Å². The first-order chi connectivity index (χ1) is 11.0. The SMILES string of the molecule is Cc1ccc(CNC(=O)c2cc(NCCN(C)C)ccn2)cc1. The van der Waals surface area contributed by atoms with Gasteiger partial charge in [0.15, 0.2) is 0 Å². The van der Waals surface area contributed by atoms with Crippen LogP contribution < -0.4 is 10.6 Å². The maximum Gasteiger partial charge on any atom is 0.270 e. The third kappa shape index (κ3) is 5.71. The second-order valence-corrected chi connectivity index (χ2v) is 5.83. The summed E-state index contributed by atoms with van der Waals surface area (Å²) >= 11 is 0. The Bertz CT molecular complexity index is 638. The Balaban J connectivity index is 1.90. The van der Waals surface area contributed by atoms with E-state index in [2.05, 4.69) is 20.5 Å². The van der Waals surface area contributed by atoms with Gasteiger partial charge in [-0.05, 0) is 38.7 Å². The molecule has 0 aliphatic rings. The van der Waals surface area contributed by atoms with Gasteiger partial charge in [-0.2, -0.15) is 0 Å². The van der Waals surface area contributed by atoms with Crippen LogP contribution in [-0.4, -0.2) is 43.0 Å². The summed E-state index contributed by atoms with van der Waals surface area (Å²) in [6, 6.07) is 11.8. The summed E-state index contributed by atoms with van der Waals surface area (Å²) in [4.78, 5) is 18.5. The Hall–Kier alpha value is -2.40. The van der Waals surface area contributed by atoms with Gasteiger partial charge in [0, 0.05) is 31.5 Å². The zero-order valence-electron chi connectivity index (χ0n) is 14.0. The molecule has 1 aromatic heterocycles. The van der Waals surface area contributed by atoms with Gasteiger partial charge in [-0.25, -0.2) is 0 Å². The molecule has 0 bridgehead atoms.